The average molecular weight is 430 g/mol. The molecule has 0 spiro atoms. The number of rotatable bonds is 9. The molecule has 0 bridgehead atoms. The summed E-state index contributed by atoms with van der Waals surface area (Å²) in [5.41, 5.74) is 4.00. The predicted molar refractivity (Wildman–Crippen MR) is 128 cm³/mol. The first-order valence-corrected chi connectivity index (χ1v) is 10.5. The molecule has 0 heterocycles. The van der Waals surface area contributed by atoms with Crippen molar-refractivity contribution in [1.82, 2.24) is 4.90 Å². The molecule has 3 aromatic rings. The van der Waals surface area contributed by atoms with Crippen molar-refractivity contribution in [3.63, 3.8) is 0 Å². The predicted octanol–water partition coefficient (Wildman–Crippen LogP) is 5.17. The monoisotopic (exact) mass is 429 g/mol. The Labute approximate surface area is 188 Å². The first-order valence-electron chi connectivity index (χ1n) is 10.5. The van der Waals surface area contributed by atoms with Crippen molar-refractivity contribution < 1.29 is 9.59 Å². The maximum Gasteiger partial charge on any atom is 0.238 e. The summed E-state index contributed by atoms with van der Waals surface area (Å²) in [6.07, 6.45) is 0.834. The van der Waals surface area contributed by atoms with Crippen molar-refractivity contribution in [2.75, 3.05) is 30.8 Å². The summed E-state index contributed by atoms with van der Waals surface area (Å²) < 4.78 is 0. The van der Waals surface area contributed by atoms with E-state index in [0.29, 0.717) is 11.4 Å². The molecule has 0 unspecified atom stereocenters. The number of aryl methyl sites for hydroxylation is 1. The van der Waals surface area contributed by atoms with Gasteiger partial charge in [0, 0.05) is 11.4 Å². The van der Waals surface area contributed by atoms with Gasteiger partial charge in [0.1, 0.15) is 0 Å². The highest BCUT2D eigenvalue weighted by Crippen LogP contribution is 2.20. The van der Waals surface area contributed by atoms with Crippen LogP contribution in [0.5, 0.6) is 0 Å². The fourth-order valence-corrected chi connectivity index (χ4v) is 3.11. The van der Waals surface area contributed by atoms with E-state index in [1.54, 1.807) is 36.2 Å². The number of benzene rings is 3. The standard InChI is InChI=1S/C25H27N5O2/c1-3-19-9-7-8-12-23(19)27-25(32)18-30(2)17-24(31)26-20-13-15-22(16-14-20)29-28-21-10-5-4-6-11-21/h4-16H,3,17-18H2,1-2H3,(H,26,31)(H,27,32). The molecule has 7 nitrogen and oxygen atoms in total. The number of likely N-dealkylation sites (N-methyl/N-ethyl adjacent to an activating group) is 1. The van der Waals surface area contributed by atoms with Gasteiger partial charge in [-0.2, -0.15) is 10.2 Å². The molecular formula is C25H27N5O2. The summed E-state index contributed by atoms with van der Waals surface area (Å²) in [5, 5.41) is 14.1. The molecule has 0 atom stereocenters. The third kappa shape index (κ3) is 7.14. The van der Waals surface area contributed by atoms with E-state index < -0.39 is 0 Å². The molecule has 32 heavy (non-hydrogen) atoms. The number of carbonyl (C=O) groups is 2. The van der Waals surface area contributed by atoms with Gasteiger partial charge in [0.2, 0.25) is 11.8 Å². The lowest BCUT2D eigenvalue weighted by molar-refractivity contribution is -0.119. The minimum Gasteiger partial charge on any atom is -0.325 e. The summed E-state index contributed by atoms with van der Waals surface area (Å²) in [6.45, 7) is 2.25. The third-order valence-corrected chi connectivity index (χ3v) is 4.69. The quantitative estimate of drug-likeness (QED) is 0.460. The SMILES string of the molecule is CCc1ccccc1NC(=O)CN(C)CC(=O)Nc1ccc(N=Nc2ccccc2)cc1. The maximum atomic E-state index is 12.3. The van der Waals surface area contributed by atoms with Gasteiger partial charge in [0.15, 0.2) is 0 Å². The van der Waals surface area contributed by atoms with Gasteiger partial charge < -0.3 is 10.6 Å². The Balaban J connectivity index is 1.46. The minimum absolute atomic E-state index is 0.0955. The van der Waals surface area contributed by atoms with Crippen LogP contribution in [0.4, 0.5) is 22.7 Å². The van der Waals surface area contributed by atoms with Gasteiger partial charge in [-0.1, -0.05) is 43.3 Å². The van der Waals surface area contributed by atoms with Crippen LogP contribution in [0.1, 0.15) is 12.5 Å². The lowest BCUT2D eigenvalue weighted by Gasteiger charge is -2.17. The van der Waals surface area contributed by atoms with E-state index in [1.807, 2.05) is 61.5 Å². The first kappa shape index (κ1) is 22.8. The molecular weight excluding hydrogens is 402 g/mol. The lowest BCUT2D eigenvalue weighted by Crippen LogP contribution is -2.36. The Hall–Kier alpha value is -3.84. The molecule has 0 radical (unpaired) electrons. The highest BCUT2D eigenvalue weighted by Gasteiger charge is 2.12. The van der Waals surface area contributed by atoms with Crippen molar-refractivity contribution in [3.8, 4) is 0 Å². The van der Waals surface area contributed by atoms with Crippen LogP contribution in [0.25, 0.3) is 0 Å². The van der Waals surface area contributed by atoms with Gasteiger partial charge in [0.05, 0.1) is 24.5 Å². The molecule has 3 aromatic carbocycles. The van der Waals surface area contributed by atoms with E-state index in [1.165, 1.54) is 0 Å². The molecule has 3 rings (SSSR count). The van der Waals surface area contributed by atoms with Crippen LogP contribution in [0.2, 0.25) is 0 Å². The minimum atomic E-state index is -0.201. The Morgan fingerprint density at radius 3 is 1.97 bits per heavy atom. The van der Waals surface area contributed by atoms with Crippen LogP contribution in [-0.2, 0) is 16.0 Å². The Bertz CT molecular complexity index is 1070. The van der Waals surface area contributed by atoms with Gasteiger partial charge in [-0.15, -0.1) is 0 Å². The fourth-order valence-electron chi connectivity index (χ4n) is 3.11. The van der Waals surface area contributed by atoms with Crippen LogP contribution in [0.15, 0.2) is 89.1 Å². The highest BCUT2D eigenvalue weighted by molar-refractivity contribution is 5.95. The molecule has 164 valence electrons. The smallest absolute Gasteiger partial charge is 0.238 e. The van der Waals surface area contributed by atoms with E-state index in [4.69, 9.17) is 0 Å². The number of para-hydroxylation sites is 1. The molecule has 0 saturated carbocycles. The van der Waals surface area contributed by atoms with E-state index >= 15 is 0 Å². The molecule has 0 saturated heterocycles. The molecule has 7 heteroatoms. The summed E-state index contributed by atoms with van der Waals surface area (Å²) in [7, 11) is 1.73. The topological polar surface area (TPSA) is 86.2 Å². The highest BCUT2D eigenvalue weighted by atomic mass is 16.2. The number of hydrogen-bond donors (Lipinski definition) is 2. The Morgan fingerprint density at radius 1 is 0.750 bits per heavy atom. The number of hydrogen-bond acceptors (Lipinski definition) is 5. The fraction of sp³-hybridized carbons (Fsp3) is 0.200. The van der Waals surface area contributed by atoms with Crippen molar-refractivity contribution in [2.24, 2.45) is 10.2 Å². The molecule has 0 aliphatic carbocycles. The zero-order valence-corrected chi connectivity index (χ0v) is 18.3. The van der Waals surface area contributed by atoms with Crippen LogP contribution < -0.4 is 10.6 Å². The normalized spacial score (nSPS) is 11.0. The zero-order valence-electron chi connectivity index (χ0n) is 18.3. The second-order valence-corrected chi connectivity index (χ2v) is 7.36. The van der Waals surface area contributed by atoms with Gasteiger partial charge in [-0.3, -0.25) is 14.5 Å². The maximum absolute atomic E-state index is 12.3. The zero-order chi connectivity index (χ0) is 22.8. The number of anilines is 2. The molecule has 0 aliphatic heterocycles. The summed E-state index contributed by atoms with van der Waals surface area (Å²) >= 11 is 0. The third-order valence-electron chi connectivity index (χ3n) is 4.69. The van der Waals surface area contributed by atoms with Gasteiger partial charge in [0.25, 0.3) is 0 Å². The van der Waals surface area contributed by atoms with Crippen LogP contribution in [0.3, 0.4) is 0 Å². The van der Waals surface area contributed by atoms with E-state index in [0.717, 1.165) is 23.4 Å². The number of carbonyl (C=O) groups excluding carboxylic acids is 2. The van der Waals surface area contributed by atoms with E-state index in [2.05, 4.69) is 20.9 Å². The Kier molecular flexibility index (Phi) is 8.22. The molecule has 2 N–H and O–H groups in total. The van der Waals surface area contributed by atoms with E-state index in [9.17, 15) is 9.59 Å². The molecule has 2 amide bonds. The largest absolute Gasteiger partial charge is 0.325 e. The van der Waals surface area contributed by atoms with Crippen molar-refractivity contribution in [1.29, 1.82) is 0 Å². The second kappa shape index (κ2) is 11.5. The summed E-state index contributed by atoms with van der Waals surface area (Å²) in [6, 6.07) is 24.3. The van der Waals surface area contributed by atoms with Gasteiger partial charge in [-0.05, 0) is 61.5 Å². The van der Waals surface area contributed by atoms with Crippen molar-refractivity contribution in [2.45, 2.75) is 13.3 Å². The van der Waals surface area contributed by atoms with Crippen LogP contribution in [-0.4, -0.2) is 36.9 Å². The van der Waals surface area contributed by atoms with E-state index in [-0.39, 0.29) is 24.9 Å². The number of amides is 2. The Morgan fingerprint density at radius 2 is 1.31 bits per heavy atom. The number of nitrogens with one attached hydrogen (secondary N) is 2. The van der Waals surface area contributed by atoms with Gasteiger partial charge in [-0.25, -0.2) is 0 Å². The molecule has 0 aromatic heterocycles. The first-order chi connectivity index (χ1) is 15.5. The van der Waals surface area contributed by atoms with Crippen molar-refractivity contribution >= 4 is 34.6 Å². The summed E-state index contributed by atoms with van der Waals surface area (Å²) in [5.74, 6) is -0.359. The average Bonchev–Trinajstić information content (AvgIpc) is 2.79. The van der Waals surface area contributed by atoms with Crippen LogP contribution in [0, 0.1) is 0 Å². The van der Waals surface area contributed by atoms with Gasteiger partial charge >= 0.3 is 0 Å². The van der Waals surface area contributed by atoms with Crippen molar-refractivity contribution in [3.05, 3.63) is 84.4 Å². The second-order valence-electron chi connectivity index (χ2n) is 7.36. The van der Waals surface area contributed by atoms with Crippen LogP contribution >= 0.6 is 0 Å². The number of azo groups is 1. The lowest BCUT2D eigenvalue weighted by atomic mass is 10.1. The number of nitrogens with zero attached hydrogens (tertiary/aromatic N) is 3. The molecule has 0 fully saturated rings. The molecule has 0 aliphatic rings. The summed E-state index contributed by atoms with van der Waals surface area (Å²) in [4.78, 5) is 26.3.